The topological polar surface area (TPSA) is 169 Å². The monoisotopic (exact) mass is 922 g/mol. The minimum Gasteiger partial charge on any atom is -0.394 e. The molecule has 1 heterocycles. The zero-order valence-electron chi connectivity index (χ0n) is 41.9. The lowest BCUT2D eigenvalue weighted by Gasteiger charge is -2.40. The Morgan fingerprint density at radius 3 is 1.31 bits per heavy atom. The molecule has 1 saturated heterocycles. The largest absolute Gasteiger partial charge is 0.394 e. The third kappa shape index (κ3) is 34.3. The van der Waals surface area contributed by atoms with Gasteiger partial charge in [0.15, 0.2) is 6.29 Å². The molecule has 8 unspecified atom stereocenters. The summed E-state index contributed by atoms with van der Waals surface area (Å²) in [4.78, 5) is 13.1. The molecule has 0 aromatic rings. The Balaban J connectivity index is 2.18. The maximum absolute atomic E-state index is 13.1. The van der Waals surface area contributed by atoms with Crippen molar-refractivity contribution in [3.8, 4) is 0 Å². The van der Waals surface area contributed by atoms with Crippen LogP contribution in [0, 0.1) is 0 Å². The van der Waals surface area contributed by atoms with E-state index in [1.807, 2.05) is 6.08 Å². The van der Waals surface area contributed by atoms with Gasteiger partial charge in [-0.25, -0.2) is 0 Å². The highest BCUT2D eigenvalue weighted by Crippen LogP contribution is 2.23. The van der Waals surface area contributed by atoms with E-state index in [-0.39, 0.29) is 6.61 Å². The number of nitrogens with one attached hydrogen (secondary N) is 1. The molecule has 7 N–H and O–H groups in total. The van der Waals surface area contributed by atoms with Crippen molar-refractivity contribution in [1.82, 2.24) is 5.32 Å². The van der Waals surface area contributed by atoms with Crippen molar-refractivity contribution in [1.29, 1.82) is 0 Å². The van der Waals surface area contributed by atoms with Gasteiger partial charge in [-0.15, -0.1) is 0 Å². The molecule has 1 amide bonds. The minimum atomic E-state index is -1.62. The second kappa shape index (κ2) is 44.9. The fourth-order valence-corrected chi connectivity index (χ4v) is 8.62. The number of hydrogen-bond acceptors (Lipinski definition) is 9. The fourth-order valence-electron chi connectivity index (χ4n) is 8.62. The second-order valence-electron chi connectivity index (χ2n) is 19.2. The van der Waals surface area contributed by atoms with Gasteiger partial charge in [0.1, 0.15) is 30.5 Å². The first kappa shape index (κ1) is 61.4. The van der Waals surface area contributed by atoms with Gasteiger partial charge in [0.05, 0.1) is 25.4 Å². The molecule has 382 valence electrons. The van der Waals surface area contributed by atoms with Crippen LogP contribution >= 0.6 is 0 Å². The van der Waals surface area contributed by atoms with Crippen molar-refractivity contribution in [3.05, 3.63) is 36.5 Å². The summed E-state index contributed by atoms with van der Waals surface area (Å²) in [6, 6.07) is -1.00. The quantitative estimate of drug-likeness (QED) is 0.0232. The summed E-state index contributed by atoms with van der Waals surface area (Å²) in [7, 11) is 0. The molecule has 0 aromatic carbocycles. The van der Waals surface area contributed by atoms with Gasteiger partial charge >= 0.3 is 0 Å². The average Bonchev–Trinajstić information content (AvgIpc) is 3.31. The van der Waals surface area contributed by atoms with E-state index in [0.717, 1.165) is 51.4 Å². The van der Waals surface area contributed by atoms with Crippen LogP contribution in [0.4, 0.5) is 0 Å². The van der Waals surface area contributed by atoms with Crippen LogP contribution in [0.3, 0.4) is 0 Å². The standard InChI is InChI=1S/C55H103NO9/c1-3-5-7-9-11-13-15-16-17-18-19-20-21-22-23-24-25-26-27-28-29-30-31-32-34-36-38-40-42-44-49(59)54(63)56-47(46-64-55-53(62)52(61)51(60)50(45-57)65-55)48(58)43-41-39-37-35-33-14-12-10-8-6-4-2/h8,10,33,35,41,43,47-53,55,57-62H,3-7,9,11-32,34,36-40,42,44-46H2,1-2H3,(H,56,63)/b10-8+,35-33+,43-41+. The molecule has 1 rings (SSSR count). The number of carbonyl (C=O) groups is 1. The highest BCUT2D eigenvalue weighted by Gasteiger charge is 2.44. The van der Waals surface area contributed by atoms with Gasteiger partial charge in [-0.05, 0) is 38.5 Å². The Morgan fingerprint density at radius 1 is 0.523 bits per heavy atom. The smallest absolute Gasteiger partial charge is 0.249 e. The summed E-state index contributed by atoms with van der Waals surface area (Å²) in [5.41, 5.74) is 0. The van der Waals surface area contributed by atoms with E-state index in [1.54, 1.807) is 6.08 Å². The number of rotatable bonds is 46. The number of amides is 1. The van der Waals surface area contributed by atoms with Gasteiger partial charge in [0.25, 0.3) is 0 Å². The lowest BCUT2D eigenvalue weighted by atomic mass is 9.99. The zero-order chi connectivity index (χ0) is 47.4. The predicted molar refractivity (Wildman–Crippen MR) is 269 cm³/mol. The maximum Gasteiger partial charge on any atom is 0.249 e. The molecule has 0 spiro atoms. The normalized spacial score (nSPS) is 20.6. The molecule has 0 saturated carbocycles. The molecule has 1 fully saturated rings. The number of aliphatic hydroxyl groups is 6. The van der Waals surface area contributed by atoms with E-state index >= 15 is 0 Å². The van der Waals surface area contributed by atoms with Crippen LogP contribution in [0.2, 0.25) is 0 Å². The first-order chi connectivity index (χ1) is 31.8. The van der Waals surface area contributed by atoms with Crippen molar-refractivity contribution in [2.45, 2.75) is 294 Å². The van der Waals surface area contributed by atoms with Crippen LogP contribution < -0.4 is 5.32 Å². The summed E-state index contributed by atoms with van der Waals surface area (Å²) in [5.74, 6) is -0.629. The van der Waals surface area contributed by atoms with E-state index in [2.05, 4.69) is 43.5 Å². The Morgan fingerprint density at radius 2 is 0.908 bits per heavy atom. The molecule has 0 bridgehead atoms. The fraction of sp³-hybridized carbons (Fsp3) is 0.873. The predicted octanol–water partition coefficient (Wildman–Crippen LogP) is 11.8. The Bertz CT molecular complexity index is 1130. The van der Waals surface area contributed by atoms with Crippen LogP contribution in [0.1, 0.15) is 245 Å². The summed E-state index contributed by atoms with van der Waals surface area (Å²) in [6.07, 6.45) is 47.1. The molecule has 10 nitrogen and oxygen atoms in total. The average molecular weight is 922 g/mol. The molecular formula is C55H103NO9. The molecule has 65 heavy (non-hydrogen) atoms. The van der Waals surface area contributed by atoms with Crippen LogP contribution in [0.15, 0.2) is 36.5 Å². The lowest BCUT2D eigenvalue weighted by molar-refractivity contribution is -0.302. The third-order valence-corrected chi connectivity index (χ3v) is 13.0. The van der Waals surface area contributed by atoms with Gasteiger partial charge in [-0.3, -0.25) is 4.79 Å². The van der Waals surface area contributed by atoms with E-state index in [1.165, 1.54) is 161 Å². The van der Waals surface area contributed by atoms with Crippen molar-refractivity contribution in [2.75, 3.05) is 13.2 Å². The minimum absolute atomic E-state index is 0.304. The van der Waals surface area contributed by atoms with E-state index in [9.17, 15) is 35.4 Å². The van der Waals surface area contributed by atoms with Crippen molar-refractivity contribution in [3.63, 3.8) is 0 Å². The Labute approximate surface area is 398 Å². The Kier molecular flexibility index (Phi) is 42.4. The number of aliphatic hydroxyl groups excluding tert-OH is 6. The summed E-state index contributed by atoms with van der Waals surface area (Å²) < 4.78 is 11.1. The number of carbonyl (C=O) groups excluding carboxylic acids is 1. The highest BCUT2D eigenvalue weighted by atomic mass is 16.7. The molecule has 8 atom stereocenters. The second-order valence-corrected chi connectivity index (χ2v) is 19.2. The van der Waals surface area contributed by atoms with E-state index in [4.69, 9.17) is 9.47 Å². The van der Waals surface area contributed by atoms with Crippen LogP contribution in [-0.4, -0.2) is 98.7 Å². The number of hydrogen-bond donors (Lipinski definition) is 7. The molecule has 10 heteroatoms. The van der Waals surface area contributed by atoms with Gasteiger partial charge in [0, 0.05) is 0 Å². The molecule has 0 radical (unpaired) electrons. The van der Waals surface area contributed by atoms with E-state index in [0.29, 0.717) is 19.3 Å². The molecule has 0 aromatic heterocycles. The molecule has 0 aliphatic carbocycles. The number of unbranched alkanes of at least 4 members (excludes halogenated alkanes) is 31. The maximum atomic E-state index is 13.1. The van der Waals surface area contributed by atoms with Gasteiger partial charge in [0.2, 0.25) is 5.91 Å². The molecule has 1 aliphatic heterocycles. The number of allylic oxidation sites excluding steroid dienone is 5. The van der Waals surface area contributed by atoms with Crippen LogP contribution in [-0.2, 0) is 14.3 Å². The highest BCUT2D eigenvalue weighted by molar-refractivity contribution is 5.80. The van der Waals surface area contributed by atoms with Gasteiger partial charge < -0.3 is 45.4 Å². The Hall–Kier alpha value is -1.63. The van der Waals surface area contributed by atoms with Crippen LogP contribution in [0.5, 0.6) is 0 Å². The SMILES string of the molecule is CCC/C=C/CC/C=C/CC/C=C/C(O)C(COC1OC(CO)C(O)C(O)C1O)NC(=O)C(O)CCCCCCCCCCCCCCCCCCCCCCCCCCCCCCC. The van der Waals surface area contributed by atoms with Crippen molar-refractivity contribution < 1.29 is 44.9 Å². The summed E-state index contributed by atoms with van der Waals surface area (Å²) in [5, 5.41) is 64.7. The summed E-state index contributed by atoms with van der Waals surface area (Å²) in [6.45, 7) is 3.52. The van der Waals surface area contributed by atoms with Gasteiger partial charge in [-0.1, -0.05) is 243 Å². The lowest BCUT2D eigenvalue weighted by Crippen LogP contribution is -2.60. The first-order valence-corrected chi connectivity index (χ1v) is 27.3. The third-order valence-electron chi connectivity index (χ3n) is 13.0. The van der Waals surface area contributed by atoms with Crippen LogP contribution in [0.25, 0.3) is 0 Å². The first-order valence-electron chi connectivity index (χ1n) is 27.3. The molecule has 1 aliphatic rings. The van der Waals surface area contributed by atoms with E-state index < -0.39 is 61.5 Å². The van der Waals surface area contributed by atoms with Crippen molar-refractivity contribution >= 4 is 5.91 Å². The van der Waals surface area contributed by atoms with Crippen molar-refractivity contribution in [2.24, 2.45) is 0 Å². The molecular weight excluding hydrogens is 819 g/mol. The van der Waals surface area contributed by atoms with Gasteiger partial charge in [-0.2, -0.15) is 0 Å². The zero-order valence-corrected chi connectivity index (χ0v) is 41.9. The number of ether oxygens (including phenoxy) is 2. The summed E-state index contributed by atoms with van der Waals surface area (Å²) >= 11 is 0.